The fourth-order valence-corrected chi connectivity index (χ4v) is 4.42. The van der Waals surface area contributed by atoms with Crippen molar-refractivity contribution < 1.29 is 14.3 Å². The normalized spacial score (nSPS) is 19.1. The number of likely N-dealkylation sites (tertiary alicyclic amines) is 1. The molecule has 1 fully saturated rings. The van der Waals surface area contributed by atoms with Crippen molar-refractivity contribution in [2.45, 2.75) is 44.7 Å². The first-order chi connectivity index (χ1) is 16.2. The Labute approximate surface area is 192 Å². The summed E-state index contributed by atoms with van der Waals surface area (Å²) in [5.41, 5.74) is 3.73. The van der Waals surface area contributed by atoms with Crippen LogP contribution in [-0.2, 0) is 24.4 Å². The van der Waals surface area contributed by atoms with E-state index in [4.69, 9.17) is 9.47 Å². The molecular formula is C24H28N6O3. The molecular weight excluding hydrogens is 420 g/mol. The SMILES string of the molecule is COc1ccc([C@@H]2Cn3nnc(CN4CCC(NC(=O)c5cccnc5)CC4)c3CO2)cc1. The van der Waals surface area contributed by atoms with Gasteiger partial charge in [-0.05, 0) is 42.7 Å². The van der Waals surface area contributed by atoms with E-state index in [0.717, 1.165) is 55.2 Å². The molecule has 1 saturated heterocycles. The first-order valence-electron chi connectivity index (χ1n) is 11.3. The molecule has 3 aromatic rings. The average molecular weight is 449 g/mol. The molecule has 2 aliphatic heterocycles. The van der Waals surface area contributed by atoms with Crippen molar-refractivity contribution in [3.05, 3.63) is 71.3 Å². The van der Waals surface area contributed by atoms with E-state index in [1.54, 1.807) is 31.6 Å². The fraction of sp³-hybridized carbons (Fsp3) is 0.417. The number of carbonyl (C=O) groups excluding carboxylic acids is 1. The molecule has 172 valence electrons. The van der Waals surface area contributed by atoms with Crippen LogP contribution in [0.25, 0.3) is 0 Å². The number of piperidine rings is 1. The highest BCUT2D eigenvalue weighted by atomic mass is 16.5. The molecule has 9 heteroatoms. The number of nitrogens with zero attached hydrogens (tertiary/aromatic N) is 5. The molecule has 0 radical (unpaired) electrons. The zero-order chi connectivity index (χ0) is 22.6. The Kier molecular flexibility index (Phi) is 6.32. The van der Waals surface area contributed by atoms with Crippen LogP contribution in [0, 0.1) is 0 Å². The van der Waals surface area contributed by atoms with Crippen LogP contribution in [0.2, 0.25) is 0 Å². The number of hydrogen-bond acceptors (Lipinski definition) is 7. The minimum Gasteiger partial charge on any atom is -0.497 e. The van der Waals surface area contributed by atoms with Crippen LogP contribution in [0.4, 0.5) is 0 Å². The standard InChI is InChI=1S/C24H28N6O3/c1-32-20-6-4-17(5-7-20)23-15-30-22(16-33-23)21(27-28-30)14-29-11-8-19(9-12-29)26-24(31)18-3-2-10-25-13-18/h2-7,10,13,19,23H,8-9,11-12,14-16H2,1H3,(H,26,31)/t23-/m0/s1. The fourth-order valence-electron chi connectivity index (χ4n) is 4.42. The third-order valence-corrected chi connectivity index (χ3v) is 6.39. The molecule has 0 spiro atoms. The third-order valence-electron chi connectivity index (χ3n) is 6.39. The van der Waals surface area contributed by atoms with E-state index in [1.807, 2.05) is 28.9 Å². The van der Waals surface area contributed by atoms with E-state index in [-0.39, 0.29) is 18.1 Å². The van der Waals surface area contributed by atoms with Crippen molar-refractivity contribution in [3.8, 4) is 5.75 Å². The van der Waals surface area contributed by atoms with Gasteiger partial charge in [0.25, 0.3) is 5.91 Å². The summed E-state index contributed by atoms with van der Waals surface area (Å²) in [5.74, 6) is 0.774. The van der Waals surface area contributed by atoms with Gasteiger partial charge in [0, 0.05) is 38.1 Å². The summed E-state index contributed by atoms with van der Waals surface area (Å²) in [5, 5.41) is 12.0. The molecule has 2 aliphatic rings. The van der Waals surface area contributed by atoms with Crippen LogP contribution in [0.15, 0.2) is 48.8 Å². The summed E-state index contributed by atoms with van der Waals surface area (Å²) < 4.78 is 13.3. The largest absolute Gasteiger partial charge is 0.497 e. The summed E-state index contributed by atoms with van der Waals surface area (Å²) >= 11 is 0. The van der Waals surface area contributed by atoms with E-state index in [1.165, 1.54) is 0 Å². The maximum absolute atomic E-state index is 12.4. The van der Waals surface area contributed by atoms with Crippen LogP contribution >= 0.6 is 0 Å². The number of hydrogen-bond donors (Lipinski definition) is 1. The maximum atomic E-state index is 12.4. The third kappa shape index (κ3) is 4.89. The lowest BCUT2D eigenvalue weighted by atomic mass is 10.0. The first kappa shape index (κ1) is 21.5. The topological polar surface area (TPSA) is 94.4 Å². The molecule has 2 aromatic heterocycles. The molecule has 1 N–H and O–H groups in total. The molecule has 33 heavy (non-hydrogen) atoms. The highest BCUT2D eigenvalue weighted by Gasteiger charge is 2.27. The molecule has 0 aliphatic carbocycles. The Morgan fingerprint density at radius 2 is 2.03 bits per heavy atom. The van der Waals surface area contributed by atoms with Crippen molar-refractivity contribution in [2.75, 3.05) is 20.2 Å². The monoisotopic (exact) mass is 448 g/mol. The average Bonchev–Trinajstić information content (AvgIpc) is 3.27. The Balaban J connectivity index is 1.14. The number of ether oxygens (including phenoxy) is 2. The van der Waals surface area contributed by atoms with E-state index in [0.29, 0.717) is 18.7 Å². The van der Waals surface area contributed by atoms with Crippen LogP contribution in [-0.4, -0.2) is 57.0 Å². The highest BCUT2D eigenvalue weighted by molar-refractivity contribution is 5.94. The molecule has 1 amide bonds. The number of carbonyl (C=O) groups is 1. The molecule has 1 aromatic carbocycles. The van der Waals surface area contributed by atoms with Gasteiger partial charge < -0.3 is 14.8 Å². The molecule has 5 rings (SSSR count). The number of fused-ring (bicyclic) bond motifs is 1. The smallest absolute Gasteiger partial charge is 0.253 e. The minimum absolute atomic E-state index is 0.0443. The summed E-state index contributed by atoms with van der Waals surface area (Å²) in [6.07, 6.45) is 5.04. The number of nitrogens with one attached hydrogen (secondary N) is 1. The van der Waals surface area contributed by atoms with Gasteiger partial charge in [-0.25, -0.2) is 4.68 Å². The Hall–Kier alpha value is -3.30. The van der Waals surface area contributed by atoms with Crippen molar-refractivity contribution in [1.29, 1.82) is 0 Å². The van der Waals surface area contributed by atoms with Gasteiger partial charge in [-0.3, -0.25) is 14.7 Å². The van der Waals surface area contributed by atoms with Gasteiger partial charge in [0.1, 0.15) is 17.5 Å². The van der Waals surface area contributed by atoms with Crippen LogP contribution < -0.4 is 10.1 Å². The summed E-state index contributed by atoms with van der Waals surface area (Å²) in [7, 11) is 1.66. The zero-order valence-electron chi connectivity index (χ0n) is 18.7. The second kappa shape index (κ2) is 9.68. The predicted octanol–water partition coefficient (Wildman–Crippen LogP) is 2.35. The number of methoxy groups -OCH3 is 1. The van der Waals surface area contributed by atoms with Crippen molar-refractivity contribution in [3.63, 3.8) is 0 Å². The lowest BCUT2D eigenvalue weighted by Gasteiger charge is -2.32. The Bertz CT molecular complexity index is 1080. The quantitative estimate of drug-likeness (QED) is 0.619. The van der Waals surface area contributed by atoms with Crippen molar-refractivity contribution >= 4 is 5.91 Å². The van der Waals surface area contributed by atoms with Gasteiger partial charge in [0.05, 0.1) is 31.5 Å². The minimum atomic E-state index is -0.0579. The second-order valence-corrected chi connectivity index (χ2v) is 8.50. The van der Waals surface area contributed by atoms with Gasteiger partial charge in [0.2, 0.25) is 0 Å². The summed E-state index contributed by atoms with van der Waals surface area (Å²) in [6, 6.07) is 11.7. The number of aromatic nitrogens is 4. The lowest BCUT2D eigenvalue weighted by Crippen LogP contribution is -2.44. The van der Waals surface area contributed by atoms with Crippen LogP contribution in [0.5, 0.6) is 5.75 Å². The second-order valence-electron chi connectivity index (χ2n) is 8.50. The molecule has 1 atom stereocenters. The number of amides is 1. The number of pyridine rings is 1. The Morgan fingerprint density at radius 3 is 2.76 bits per heavy atom. The van der Waals surface area contributed by atoms with Crippen LogP contribution in [0.3, 0.4) is 0 Å². The highest BCUT2D eigenvalue weighted by Crippen LogP contribution is 2.28. The van der Waals surface area contributed by atoms with Crippen molar-refractivity contribution in [2.24, 2.45) is 0 Å². The number of benzene rings is 1. The molecule has 4 heterocycles. The molecule has 0 unspecified atom stereocenters. The molecule has 0 saturated carbocycles. The van der Waals surface area contributed by atoms with Gasteiger partial charge in [-0.1, -0.05) is 17.3 Å². The maximum Gasteiger partial charge on any atom is 0.253 e. The van der Waals surface area contributed by atoms with E-state index in [2.05, 4.69) is 25.5 Å². The zero-order valence-corrected chi connectivity index (χ0v) is 18.7. The lowest BCUT2D eigenvalue weighted by molar-refractivity contribution is -0.00218. The van der Waals surface area contributed by atoms with E-state index >= 15 is 0 Å². The summed E-state index contributed by atoms with van der Waals surface area (Å²) in [6.45, 7) is 3.70. The molecule has 0 bridgehead atoms. The van der Waals surface area contributed by atoms with Gasteiger partial charge >= 0.3 is 0 Å². The number of rotatable bonds is 6. The van der Waals surface area contributed by atoms with Crippen molar-refractivity contribution in [1.82, 2.24) is 30.2 Å². The van der Waals surface area contributed by atoms with Gasteiger partial charge in [-0.2, -0.15) is 0 Å². The van der Waals surface area contributed by atoms with Gasteiger partial charge in [-0.15, -0.1) is 5.10 Å². The van der Waals surface area contributed by atoms with E-state index < -0.39 is 0 Å². The summed E-state index contributed by atoms with van der Waals surface area (Å²) in [4.78, 5) is 18.8. The first-order valence-corrected chi connectivity index (χ1v) is 11.3. The van der Waals surface area contributed by atoms with Gasteiger partial charge in [0.15, 0.2) is 0 Å². The predicted molar refractivity (Wildman–Crippen MR) is 121 cm³/mol. The van der Waals surface area contributed by atoms with Crippen LogP contribution in [0.1, 0.15) is 46.3 Å². The van der Waals surface area contributed by atoms with E-state index in [9.17, 15) is 4.79 Å². The Morgan fingerprint density at radius 1 is 1.21 bits per heavy atom. The molecule has 9 nitrogen and oxygen atoms in total.